The van der Waals surface area contributed by atoms with Crippen molar-refractivity contribution < 1.29 is 13.2 Å². The molecule has 0 heterocycles. The lowest BCUT2D eigenvalue weighted by atomic mass is 9.87. The van der Waals surface area contributed by atoms with Crippen LogP contribution in [0.15, 0.2) is 48.1 Å². The van der Waals surface area contributed by atoms with Crippen LogP contribution in [0.2, 0.25) is 0 Å². The Kier molecular flexibility index (Phi) is 3.95. The highest BCUT2D eigenvalue weighted by Gasteiger charge is 2.35. The Morgan fingerprint density at radius 2 is 2.06 bits per heavy atom. The van der Waals surface area contributed by atoms with E-state index in [4.69, 9.17) is 0 Å². The largest absolute Gasteiger partial charge is 0.412 e. The molecule has 0 fully saturated rings. The molecule has 1 unspecified atom stereocenters. The zero-order valence-electron chi connectivity index (χ0n) is 9.54. The van der Waals surface area contributed by atoms with Gasteiger partial charge in [-0.1, -0.05) is 58.4 Å². The molecule has 1 aliphatic rings. The second kappa shape index (κ2) is 5.31. The monoisotopic (exact) mass is 316 g/mol. The van der Waals surface area contributed by atoms with Gasteiger partial charge in [0.05, 0.1) is 0 Å². The summed E-state index contributed by atoms with van der Waals surface area (Å²) in [5.74, 6) is -0.189. The van der Waals surface area contributed by atoms with Gasteiger partial charge in [0.1, 0.15) is 0 Å². The van der Waals surface area contributed by atoms with Crippen LogP contribution in [-0.2, 0) is 5.33 Å². The van der Waals surface area contributed by atoms with Crippen molar-refractivity contribution in [3.05, 3.63) is 59.2 Å². The summed E-state index contributed by atoms with van der Waals surface area (Å²) in [7, 11) is 0. The van der Waals surface area contributed by atoms with Crippen molar-refractivity contribution in [3.63, 3.8) is 0 Å². The third-order valence-corrected chi connectivity index (χ3v) is 3.63. The summed E-state index contributed by atoms with van der Waals surface area (Å²) in [6.07, 6.45) is 0.271. The van der Waals surface area contributed by atoms with Gasteiger partial charge in [-0.3, -0.25) is 0 Å². The SMILES string of the molecule is FC(F)(F)C1=CC=CC(c2cccc(CBr)c2)C1. The molecule has 0 aromatic heterocycles. The van der Waals surface area contributed by atoms with Gasteiger partial charge in [-0.05, 0) is 17.5 Å². The molecule has 0 aliphatic heterocycles. The molecule has 4 heteroatoms. The third kappa shape index (κ3) is 3.05. The van der Waals surface area contributed by atoms with E-state index in [0.717, 1.165) is 17.2 Å². The summed E-state index contributed by atoms with van der Waals surface area (Å²) in [6.45, 7) is 0. The number of rotatable bonds is 2. The predicted molar refractivity (Wildman–Crippen MR) is 69.7 cm³/mol. The van der Waals surface area contributed by atoms with Gasteiger partial charge in [0.25, 0.3) is 0 Å². The lowest BCUT2D eigenvalue weighted by Gasteiger charge is -2.21. The molecule has 1 atom stereocenters. The van der Waals surface area contributed by atoms with Crippen LogP contribution in [-0.4, -0.2) is 6.18 Å². The van der Waals surface area contributed by atoms with Gasteiger partial charge in [0.15, 0.2) is 0 Å². The minimum atomic E-state index is -4.23. The lowest BCUT2D eigenvalue weighted by molar-refractivity contribution is -0.0944. The summed E-state index contributed by atoms with van der Waals surface area (Å²) in [5.41, 5.74) is 1.54. The summed E-state index contributed by atoms with van der Waals surface area (Å²) < 4.78 is 38.0. The zero-order chi connectivity index (χ0) is 13.2. The first kappa shape index (κ1) is 13.4. The maximum atomic E-state index is 12.7. The van der Waals surface area contributed by atoms with E-state index in [1.807, 2.05) is 30.3 Å². The second-order valence-electron chi connectivity index (χ2n) is 4.26. The Balaban J connectivity index is 2.21. The molecule has 1 aliphatic carbocycles. The molecule has 0 nitrogen and oxygen atoms in total. The van der Waals surface area contributed by atoms with Gasteiger partial charge in [-0.15, -0.1) is 0 Å². The van der Waals surface area contributed by atoms with E-state index in [1.165, 1.54) is 6.08 Å². The Labute approximate surface area is 112 Å². The van der Waals surface area contributed by atoms with Gasteiger partial charge in [-0.25, -0.2) is 0 Å². The Morgan fingerprint density at radius 1 is 1.28 bits per heavy atom. The van der Waals surface area contributed by atoms with Crippen molar-refractivity contribution in [3.8, 4) is 0 Å². The van der Waals surface area contributed by atoms with Crippen molar-refractivity contribution in [2.45, 2.75) is 23.8 Å². The number of allylic oxidation sites excluding steroid dienone is 4. The minimum absolute atomic E-state index is 0.0196. The average Bonchev–Trinajstić information content (AvgIpc) is 2.38. The predicted octanol–water partition coefficient (Wildman–Crippen LogP) is 5.11. The number of hydrogen-bond acceptors (Lipinski definition) is 0. The first-order valence-electron chi connectivity index (χ1n) is 5.60. The molecule has 0 amide bonds. The highest BCUT2D eigenvalue weighted by molar-refractivity contribution is 9.08. The number of hydrogen-bond donors (Lipinski definition) is 0. The van der Waals surface area contributed by atoms with E-state index in [9.17, 15) is 13.2 Å². The molecule has 0 radical (unpaired) electrons. The van der Waals surface area contributed by atoms with Crippen LogP contribution in [0.4, 0.5) is 13.2 Å². The van der Waals surface area contributed by atoms with Gasteiger partial charge >= 0.3 is 6.18 Å². The molecule has 96 valence electrons. The van der Waals surface area contributed by atoms with Crippen molar-refractivity contribution >= 4 is 15.9 Å². The van der Waals surface area contributed by atoms with Gasteiger partial charge in [0, 0.05) is 16.8 Å². The summed E-state index contributed by atoms with van der Waals surface area (Å²) in [4.78, 5) is 0. The summed E-state index contributed by atoms with van der Waals surface area (Å²) in [6, 6.07) is 7.65. The molecule has 1 aromatic rings. The zero-order valence-corrected chi connectivity index (χ0v) is 11.1. The minimum Gasteiger partial charge on any atom is -0.166 e. The number of alkyl halides is 4. The van der Waals surface area contributed by atoms with Crippen molar-refractivity contribution in [2.24, 2.45) is 0 Å². The normalized spacial score (nSPS) is 19.8. The first-order valence-corrected chi connectivity index (χ1v) is 6.72. The topological polar surface area (TPSA) is 0 Å². The third-order valence-electron chi connectivity index (χ3n) is 2.98. The molecule has 0 spiro atoms. The average molecular weight is 317 g/mol. The van der Waals surface area contributed by atoms with Gasteiger partial charge < -0.3 is 0 Å². The van der Waals surface area contributed by atoms with E-state index >= 15 is 0 Å². The number of halogens is 4. The number of benzene rings is 1. The summed E-state index contributed by atoms with van der Waals surface area (Å²) >= 11 is 3.35. The standard InChI is InChI=1S/C14H12BrF3/c15-9-10-3-1-4-11(7-10)12-5-2-6-13(8-12)14(16,17)18/h1-7,12H,8-9H2. The Hall–Kier alpha value is -1.03. The molecular weight excluding hydrogens is 305 g/mol. The highest BCUT2D eigenvalue weighted by atomic mass is 79.9. The molecule has 0 N–H and O–H groups in total. The maximum absolute atomic E-state index is 12.7. The van der Waals surface area contributed by atoms with Crippen LogP contribution < -0.4 is 0 Å². The molecular formula is C14H12BrF3. The van der Waals surface area contributed by atoms with E-state index in [1.54, 1.807) is 0 Å². The fourth-order valence-electron chi connectivity index (χ4n) is 2.02. The molecule has 0 bridgehead atoms. The van der Waals surface area contributed by atoms with E-state index in [0.29, 0.717) is 5.33 Å². The van der Waals surface area contributed by atoms with E-state index in [-0.39, 0.29) is 12.3 Å². The van der Waals surface area contributed by atoms with Crippen molar-refractivity contribution in [1.82, 2.24) is 0 Å². The van der Waals surface area contributed by atoms with Gasteiger partial charge in [0.2, 0.25) is 0 Å². The van der Waals surface area contributed by atoms with Crippen molar-refractivity contribution in [2.75, 3.05) is 0 Å². The quantitative estimate of drug-likeness (QED) is 0.665. The molecule has 0 saturated heterocycles. The van der Waals surface area contributed by atoms with E-state index < -0.39 is 11.7 Å². The summed E-state index contributed by atoms with van der Waals surface area (Å²) in [5, 5.41) is 0.708. The van der Waals surface area contributed by atoms with Crippen LogP contribution in [0.3, 0.4) is 0 Å². The van der Waals surface area contributed by atoms with E-state index in [2.05, 4.69) is 15.9 Å². The maximum Gasteiger partial charge on any atom is 0.412 e. The van der Waals surface area contributed by atoms with Crippen LogP contribution >= 0.6 is 15.9 Å². The molecule has 0 saturated carbocycles. The van der Waals surface area contributed by atoms with Crippen molar-refractivity contribution in [1.29, 1.82) is 0 Å². The van der Waals surface area contributed by atoms with Crippen LogP contribution in [0, 0.1) is 0 Å². The fraction of sp³-hybridized carbons (Fsp3) is 0.286. The smallest absolute Gasteiger partial charge is 0.166 e. The van der Waals surface area contributed by atoms with Crippen LogP contribution in [0.1, 0.15) is 23.5 Å². The molecule has 2 rings (SSSR count). The molecule has 1 aromatic carbocycles. The molecule has 18 heavy (non-hydrogen) atoms. The Bertz CT molecular complexity index is 486. The first-order chi connectivity index (χ1) is 8.50. The Morgan fingerprint density at radius 3 is 2.72 bits per heavy atom. The second-order valence-corrected chi connectivity index (χ2v) is 4.82. The van der Waals surface area contributed by atoms with Crippen LogP contribution in [0.5, 0.6) is 0 Å². The van der Waals surface area contributed by atoms with Crippen LogP contribution in [0.25, 0.3) is 0 Å². The lowest BCUT2D eigenvalue weighted by Crippen LogP contribution is -2.16. The van der Waals surface area contributed by atoms with Gasteiger partial charge in [-0.2, -0.15) is 13.2 Å². The fourth-order valence-corrected chi connectivity index (χ4v) is 2.37. The highest BCUT2D eigenvalue weighted by Crippen LogP contribution is 2.37.